The number of nitrogens with one attached hydrogen (secondary N) is 1. The Balaban J connectivity index is 1.95. The maximum atomic E-state index is 11.8. The van der Waals surface area contributed by atoms with Gasteiger partial charge in [-0.2, -0.15) is 0 Å². The molecule has 7 heteroatoms. The molecule has 0 unspecified atom stereocenters. The molecule has 0 radical (unpaired) electrons. The molecule has 0 bridgehead atoms. The lowest BCUT2D eigenvalue weighted by atomic mass is 10.2. The number of halogens is 2. The van der Waals surface area contributed by atoms with Crippen molar-refractivity contribution in [2.24, 2.45) is 0 Å². The number of hydrogen-bond donors (Lipinski definition) is 2. The van der Waals surface area contributed by atoms with Crippen molar-refractivity contribution in [3.05, 3.63) is 57.0 Å². The molecular weight excluding hydrogens is 418 g/mol. The van der Waals surface area contributed by atoms with Gasteiger partial charge in [-0.3, -0.25) is 4.79 Å². The fourth-order valence-electron chi connectivity index (χ4n) is 1.63. The van der Waals surface area contributed by atoms with E-state index in [4.69, 9.17) is 4.74 Å². The van der Waals surface area contributed by atoms with Crippen molar-refractivity contribution in [1.29, 1.82) is 0 Å². The van der Waals surface area contributed by atoms with Gasteiger partial charge < -0.3 is 15.2 Å². The fraction of sp³-hybridized carbons (Fsp3) is 0.0667. The number of esters is 1. The zero-order valence-corrected chi connectivity index (χ0v) is 14.3. The second kappa shape index (κ2) is 7.42. The lowest BCUT2D eigenvalue weighted by Crippen LogP contribution is -2.21. The first-order valence-electron chi connectivity index (χ1n) is 6.17. The number of phenolic OH excluding ortho intramolecular Hbond substituents is 1. The number of carbonyl (C=O) groups is 2. The van der Waals surface area contributed by atoms with Gasteiger partial charge in [0.2, 0.25) is 0 Å². The summed E-state index contributed by atoms with van der Waals surface area (Å²) in [7, 11) is 0. The lowest BCUT2D eigenvalue weighted by Gasteiger charge is -2.09. The highest BCUT2D eigenvalue weighted by atomic mass is 79.9. The number of phenols is 1. The van der Waals surface area contributed by atoms with Crippen LogP contribution in [0.25, 0.3) is 0 Å². The maximum absolute atomic E-state index is 11.8. The van der Waals surface area contributed by atoms with E-state index in [1.165, 1.54) is 12.1 Å². The first kappa shape index (κ1) is 16.5. The van der Waals surface area contributed by atoms with Gasteiger partial charge in [0, 0.05) is 8.95 Å². The van der Waals surface area contributed by atoms with Crippen LogP contribution in [0.1, 0.15) is 10.4 Å². The fourth-order valence-corrected chi connectivity index (χ4v) is 2.37. The van der Waals surface area contributed by atoms with Crippen molar-refractivity contribution in [3.8, 4) is 5.75 Å². The molecule has 2 N–H and O–H groups in total. The van der Waals surface area contributed by atoms with Gasteiger partial charge in [-0.15, -0.1) is 0 Å². The third kappa shape index (κ3) is 4.32. The molecule has 0 aliphatic heterocycles. The Kier molecular flexibility index (Phi) is 5.57. The summed E-state index contributed by atoms with van der Waals surface area (Å²) in [5.74, 6) is -1.46. The number of para-hydroxylation sites is 1. The van der Waals surface area contributed by atoms with Gasteiger partial charge in [-0.05, 0) is 46.3 Å². The van der Waals surface area contributed by atoms with Crippen LogP contribution in [0.4, 0.5) is 5.69 Å². The molecule has 114 valence electrons. The summed E-state index contributed by atoms with van der Waals surface area (Å²) in [5, 5.41) is 12.2. The zero-order valence-electron chi connectivity index (χ0n) is 11.2. The quantitative estimate of drug-likeness (QED) is 0.727. The van der Waals surface area contributed by atoms with E-state index in [0.29, 0.717) is 10.2 Å². The number of benzene rings is 2. The van der Waals surface area contributed by atoms with E-state index in [0.717, 1.165) is 4.47 Å². The average molecular weight is 429 g/mol. The third-order valence-electron chi connectivity index (χ3n) is 2.66. The third-order valence-corrected chi connectivity index (χ3v) is 3.85. The van der Waals surface area contributed by atoms with E-state index in [1.54, 1.807) is 24.3 Å². The SMILES string of the molecule is O=C(COC(=O)c1cc(Br)ccc1O)Nc1ccccc1Br. The Morgan fingerprint density at radius 3 is 2.59 bits per heavy atom. The van der Waals surface area contributed by atoms with Crippen molar-refractivity contribution in [2.45, 2.75) is 0 Å². The van der Waals surface area contributed by atoms with Crippen LogP contribution in [-0.2, 0) is 9.53 Å². The van der Waals surface area contributed by atoms with Gasteiger partial charge in [-0.25, -0.2) is 4.79 Å². The summed E-state index contributed by atoms with van der Waals surface area (Å²) < 4.78 is 6.23. The van der Waals surface area contributed by atoms with Crippen LogP contribution < -0.4 is 5.32 Å². The van der Waals surface area contributed by atoms with Crippen molar-refractivity contribution in [2.75, 3.05) is 11.9 Å². The zero-order chi connectivity index (χ0) is 16.1. The molecular formula is C15H11Br2NO4. The molecule has 2 aromatic rings. The van der Waals surface area contributed by atoms with Gasteiger partial charge in [0.1, 0.15) is 11.3 Å². The van der Waals surface area contributed by atoms with E-state index < -0.39 is 18.5 Å². The Labute approximate surface area is 143 Å². The summed E-state index contributed by atoms with van der Waals surface area (Å²) in [4.78, 5) is 23.6. The Morgan fingerprint density at radius 1 is 1.14 bits per heavy atom. The molecule has 2 aromatic carbocycles. The molecule has 22 heavy (non-hydrogen) atoms. The highest BCUT2D eigenvalue weighted by Gasteiger charge is 2.15. The molecule has 1 amide bonds. The highest BCUT2D eigenvalue weighted by Crippen LogP contribution is 2.23. The minimum atomic E-state index is -0.777. The lowest BCUT2D eigenvalue weighted by molar-refractivity contribution is -0.119. The van der Waals surface area contributed by atoms with Crippen molar-refractivity contribution >= 4 is 49.4 Å². The van der Waals surface area contributed by atoms with Crippen LogP contribution in [-0.4, -0.2) is 23.6 Å². The predicted octanol–water partition coefficient (Wildman–Crippen LogP) is 3.71. The number of aromatic hydroxyl groups is 1. The first-order valence-corrected chi connectivity index (χ1v) is 7.76. The standard InChI is InChI=1S/C15H11Br2NO4/c16-9-5-6-13(19)10(7-9)15(21)22-8-14(20)18-12-4-2-1-3-11(12)17/h1-7,19H,8H2,(H,18,20). The first-order chi connectivity index (χ1) is 10.5. The highest BCUT2D eigenvalue weighted by molar-refractivity contribution is 9.10. The van der Waals surface area contributed by atoms with Gasteiger partial charge in [0.05, 0.1) is 5.69 Å². The summed E-state index contributed by atoms with van der Waals surface area (Å²) in [5.41, 5.74) is 0.567. The smallest absolute Gasteiger partial charge is 0.342 e. The van der Waals surface area contributed by atoms with Gasteiger partial charge in [0.15, 0.2) is 6.61 Å². The summed E-state index contributed by atoms with van der Waals surface area (Å²) in [6.07, 6.45) is 0. The van der Waals surface area contributed by atoms with E-state index in [2.05, 4.69) is 37.2 Å². The van der Waals surface area contributed by atoms with Crippen LogP contribution in [0.2, 0.25) is 0 Å². The van der Waals surface area contributed by atoms with Crippen molar-refractivity contribution < 1.29 is 19.4 Å². The predicted molar refractivity (Wildman–Crippen MR) is 88.9 cm³/mol. The largest absolute Gasteiger partial charge is 0.507 e. The van der Waals surface area contributed by atoms with Crippen LogP contribution in [0, 0.1) is 0 Å². The molecule has 5 nitrogen and oxygen atoms in total. The van der Waals surface area contributed by atoms with Crippen molar-refractivity contribution in [3.63, 3.8) is 0 Å². The van der Waals surface area contributed by atoms with E-state index in [9.17, 15) is 14.7 Å². The summed E-state index contributed by atoms with van der Waals surface area (Å²) in [6.45, 7) is -0.452. The van der Waals surface area contributed by atoms with Gasteiger partial charge >= 0.3 is 5.97 Å². The minimum absolute atomic E-state index is 0.0110. The number of amides is 1. The number of anilines is 1. The minimum Gasteiger partial charge on any atom is -0.507 e. The van der Waals surface area contributed by atoms with Crippen LogP contribution in [0.5, 0.6) is 5.75 Å². The molecule has 0 spiro atoms. The molecule has 0 saturated heterocycles. The second-order valence-corrected chi connectivity index (χ2v) is 6.04. The maximum Gasteiger partial charge on any atom is 0.342 e. The summed E-state index contributed by atoms with van der Waals surface area (Å²) >= 11 is 6.49. The molecule has 0 aromatic heterocycles. The van der Waals surface area contributed by atoms with Crippen LogP contribution in [0.15, 0.2) is 51.4 Å². The topological polar surface area (TPSA) is 75.6 Å². The van der Waals surface area contributed by atoms with E-state index >= 15 is 0 Å². The van der Waals surface area contributed by atoms with Crippen molar-refractivity contribution in [1.82, 2.24) is 0 Å². The number of carbonyl (C=O) groups excluding carboxylic acids is 2. The molecule has 0 atom stereocenters. The normalized spacial score (nSPS) is 10.1. The summed E-state index contributed by atoms with van der Waals surface area (Å²) in [6, 6.07) is 11.4. The molecule has 2 rings (SSSR count). The Hall–Kier alpha value is -1.86. The Morgan fingerprint density at radius 2 is 1.86 bits per heavy atom. The Bertz CT molecular complexity index is 718. The number of ether oxygens (including phenoxy) is 1. The van der Waals surface area contributed by atoms with Gasteiger partial charge in [-0.1, -0.05) is 28.1 Å². The molecule has 0 aliphatic rings. The van der Waals surface area contributed by atoms with Crippen LogP contribution in [0.3, 0.4) is 0 Å². The van der Waals surface area contributed by atoms with Crippen LogP contribution >= 0.6 is 31.9 Å². The molecule has 0 fully saturated rings. The van der Waals surface area contributed by atoms with Gasteiger partial charge in [0.25, 0.3) is 5.91 Å². The monoisotopic (exact) mass is 427 g/mol. The number of hydrogen-bond acceptors (Lipinski definition) is 4. The number of rotatable bonds is 4. The molecule has 0 aliphatic carbocycles. The molecule has 0 saturated carbocycles. The van der Waals surface area contributed by atoms with E-state index in [-0.39, 0.29) is 11.3 Å². The molecule has 0 heterocycles. The average Bonchev–Trinajstić information content (AvgIpc) is 2.49. The van der Waals surface area contributed by atoms with E-state index in [1.807, 2.05) is 6.07 Å². The second-order valence-electron chi connectivity index (χ2n) is 4.27.